The maximum absolute atomic E-state index is 12.5. The van der Waals surface area contributed by atoms with Gasteiger partial charge >= 0.3 is 0 Å². The summed E-state index contributed by atoms with van der Waals surface area (Å²) in [6.45, 7) is 7.46. The molecule has 1 rings (SSSR count). The second-order valence-corrected chi connectivity index (χ2v) is 6.06. The van der Waals surface area contributed by atoms with Crippen LogP contribution in [0.3, 0.4) is 0 Å². The van der Waals surface area contributed by atoms with E-state index in [1.54, 1.807) is 18.0 Å². The van der Waals surface area contributed by atoms with Crippen molar-refractivity contribution in [3.63, 3.8) is 0 Å². The first kappa shape index (κ1) is 18.7. The largest absolute Gasteiger partial charge is 0.400 e. The quantitative estimate of drug-likeness (QED) is 0.788. The lowest BCUT2D eigenvalue weighted by Gasteiger charge is -2.33. The summed E-state index contributed by atoms with van der Waals surface area (Å²) < 4.78 is 5.67. The first-order valence-corrected chi connectivity index (χ1v) is 7.97. The number of rotatable bonds is 5. The fraction of sp³-hybridized carbons (Fsp3) is 0.625. The van der Waals surface area contributed by atoms with Crippen LogP contribution < -0.4 is 5.73 Å². The van der Waals surface area contributed by atoms with Crippen molar-refractivity contribution < 1.29 is 9.53 Å². The number of hydrogen-bond acceptors (Lipinski definition) is 4. The highest BCUT2D eigenvalue weighted by Gasteiger charge is 2.27. The van der Waals surface area contributed by atoms with Gasteiger partial charge in [-0.25, -0.2) is 0 Å². The van der Waals surface area contributed by atoms with Gasteiger partial charge in [-0.15, -0.1) is 0 Å². The fourth-order valence-electron chi connectivity index (χ4n) is 2.16. The number of morpholine rings is 1. The van der Waals surface area contributed by atoms with Gasteiger partial charge in [-0.1, -0.05) is 38.4 Å². The molecular weight excluding hydrogens is 302 g/mol. The van der Waals surface area contributed by atoms with Crippen LogP contribution in [0.2, 0.25) is 0 Å². The lowest BCUT2D eigenvalue weighted by atomic mass is 10.1. The van der Waals surface area contributed by atoms with Crippen molar-refractivity contribution in [3.8, 4) is 0 Å². The first-order valence-electron chi connectivity index (χ1n) is 7.59. The Hall–Kier alpha value is -1.33. The van der Waals surface area contributed by atoms with Gasteiger partial charge in [0, 0.05) is 24.3 Å². The highest BCUT2D eigenvalue weighted by molar-refractivity contribution is 6.45. The van der Waals surface area contributed by atoms with Gasteiger partial charge in [0.25, 0.3) is 5.91 Å². The molecule has 1 atom stereocenters. The molecule has 5 nitrogen and oxygen atoms in total. The number of aliphatic imine (C=N–C) groups is 1. The van der Waals surface area contributed by atoms with Crippen LogP contribution in [0.4, 0.5) is 0 Å². The van der Waals surface area contributed by atoms with Gasteiger partial charge in [-0.05, 0) is 18.4 Å². The van der Waals surface area contributed by atoms with Crippen LogP contribution in [-0.2, 0) is 9.53 Å². The summed E-state index contributed by atoms with van der Waals surface area (Å²) in [4.78, 5) is 18.3. The van der Waals surface area contributed by atoms with E-state index in [0.717, 1.165) is 0 Å². The molecule has 1 heterocycles. The van der Waals surface area contributed by atoms with Crippen molar-refractivity contribution in [1.29, 1.82) is 0 Å². The monoisotopic (exact) mass is 327 g/mol. The fourth-order valence-corrected chi connectivity index (χ4v) is 2.27. The Bertz CT molecular complexity index is 484. The summed E-state index contributed by atoms with van der Waals surface area (Å²) in [5.74, 6) is 0.202. The number of hydrogen-bond donors (Lipinski definition) is 1. The van der Waals surface area contributed by atoms with Gasteiger partial charge in [-0.3, -0.25) is 9.79 Å². The minimum atomic E-state index is -0.260. The number of carbonyl (C=O) groups excluding carboxylic acids is 1. The zero-order chi connectivity index (χ0) is 16.7. The molecule has 0 radical (unpaired) electrons. The standard InChI is InChI=1S/C16H26ClN3O2/c1-5-12(17)9-14(19-4)16(21)20-6-7-22-15(10-20)13(18)8-11(2)3/h8-9,11,15H,5-7,10,18H2,1-4H3/b12-9+,13-8-,19-14?. The van der Waals surface area contributed by atoms with Crippen LogP contribution >= 0.6 is 11.6 Å². The molecule has 0 aromatic carbocycles. The van der Waals surface area contributed by atoms with Crippen molar-refractivity contribution in [2.45, 2.75) is 33.3 Å². The summed E-state index contributed by atoms with van der Waals surface area (Å²) in [5.41, 5.74) is 7.09. The maximum atomic E-state index is 12.5. The Morgan fingerprint density at radius 2 is 2.23 bits per heavy atom. The summed E-state index contributed by atoms with van der Waals surface area (Å²) in [7, 11) is 1.59. The molecule has 0 bridgehead atoms. The van der Waals surface area contributed by atoms with Crippen molar-refractivity contribution in [2.75, 3.05) is 26.7 Å². The van der Waals surface area contributed by atoms with E-state index in [2.05, 4.69) is 18.8 Å². The van der Waals surface area contributed by atoms with Crippen molar-refractivity contribution in [2.24, 2.45) is 16.6 Å². The highest BCUT2D eigenvalue weighted by atomic mass is 35.5. The van der Waals surface area contributed by atoms with E-state index in [1.807, 2.05) is 13.0 Å². The molecule has 0 aliphatic carbocycles. The summed E-state index contributed by atoms with van der Waals surface area (Å²) in [6.07, 6.45) is 4.00. The summed E-state index contributed by atoms with van der Waals surface area (Å²) in [5, 5.41) is 0.609. The Labute approximate surface area is 137 Å². The average Bonchev–Trinajstić information content (AvgIpc) is 2.51. The van der Waals surface area contributed by atoms with E-state index in [0.29, 0.717) is 48.5 Å². The molecule has 1 aliphatic rings. The molecular formula is C16H26ClN3O2. The number of allylic oxidation sites excluding steroid dienone is 2. The van der Waals surface area contributed by atoms with Crippen molar-refractivity contribution >= 4 is 23.2 Å². The van der Waals surface area contributed by atoms with Crippen molar-refractivity contribution in [3.05, 3.63) is 22.9 Å². The van der Waals surface area contributed by atoms with E-state index in [1.165, 1.54) is 0 Å². The molecule has 124 valence electrons. The smallest absolute Gasteiger partial charge is 0.272 e. The number of ether oxygens (including phenoxy) is 1. The molecule has 0 saturated carbocycles. The predicted octanol–water partition coefficient (Wildman–Crippen LogP) is 2.32. The van der Waals surface area contributed by atoms with Gasteiger partial charge < -0.3 is 15.4 Å². The summed E-state index contributed by atoms with van der Waals surface area (Å²) in [6, 6.07) is 0. The van der Waals surface area contributed by atoms with Crippen LogP contribution in [0.25, 0.3) is 0 Å². The van der Waals surface area contributed by atoms with Gasteiger partial charge in [0.05, 0.1) is 13.2 Å². The minimum Gasteiger partial charge on any atom is -0.400 e. The van der Waals surface area contributed by atoms with Gasteiger partial charge in [0.1, 0.15) is 11.8 Å². The molecule has 1 amide bonds. The lowest BCUT2D eigenvalue weighted by Crippen LogP contribution is -2.49. The van der Waals surface area contributed by atoms with Crippen LogP contribution in [0.5, 0.6) is 0 Å². The predicted molar refractivity (Wildman–Crippen MR) is 91.0 cm³/mol. The second kappa shape index (κ2) is 8.96. The number of nitrogens with zero attached hydrogens (tertiary/aromatic N) is 2. The number of halogens is 1. The lowest BCUT2D eigenvalue weighted by molar-refractivity contribution is -0.130. The highest BCUT2D eigenvalue weighted by Crippen LogP contribution is 2.14. The van der Waals surface area contributed by atoms with E-state index in [-0.39, 0.29) is 12.0 Å². The van der Waals surface area contributed by atoms with Crippen LogP contribution in [0.15, 0.2) is 27.9 Å². The topological polar surface area (TPSA) is 67.9 Å². The maximum Gasteiger partial charge on any atom is 0.272 e. The van der Waals surface area contributed by atoms with Gasteiger partial charge in [0.2, 0.25) is 0 Å². The summed E-state index contributed by atoms with van der Waals surface area (Å²) >= 11 is 6.01. The van der Waals surface area contributed by atoms with E-state index in [4.69, 9.17) is 22.1 Å². The molecule has 22 heavy (non-hydrogen) atoms. The number of nitrogens with two attached hydrogens (primary N) is 1. The third kappa shape index (κ3) is 5.46. The average molecular weight is 328 g/mol. The third-order valence-electron chi connectivity index (χ3n) is 3.34. The zero-order valence-electron chi connectivity index (χ0n) is 13.8. The molecule has 1 unspecified atom stereocenters. The van der Waals surface area contributed by atoms with E-state index in [9.17, 15) is 4.79 Å². The second-order valence-electron chi connectivity index (χ2n) is 5.57. The van der Waals surface area contributed by atoms with E-state index < -0.39 is 0 Å². The Balaban J connectivity index is 2.82. The Kier molecular flexibility index (Phi) is 7.62. The molecule has 6 heteroatoms. The van der Waals surface area contributed by atoms with Crippen LogP contribution in [-0.4, -0.2) is 49.4 Å². The minimum absolute atomic E-state index is 0.139. The molecule has 2 N–H and O–H groups in total. The Morgan fingerprint density at radius 1 is 1.55 bits per heavy atom. The van der Waals surface area contributed by atoms with E-state index >= 15 is 0 Å². The molecule has 1 saturated heterocycles. The van der Waals surface area contributed by atoms with Crippen molar-refractivity contribution in [1.82, 2.24) is 4.90 Å². The first-order chi connectivity index (χ1) is 10.4. The molecule has 1 aliphatic heterocycles. The molecule has 0 spiro atoms. The molecule has 0 aromatic rings. The molecule has 0 aromatic heterocycles. The third-order valence-corrected chi connectivity index (χ3v) is 3.72. The van der Waals surface area contributed by atoms with Crippen LogP contribution in [0, 0.1) is 5.92 Å². The van der Waals surface area contributed by atoms with Crippen LogP contribution in [0.1, 0.15) is 27.2 Å². The molecule has 1 fully saturated rings. The Morgan fingerprint density at radius 3 is 2.77 bits per heavy atom. The number of carbonyl (C=O) groups is 1. The van der Waals surface area contributed by atoms with Gasteiger partial charge in [-0.2, -0.15) is 0 Å². The zero-order valence-corrected chi connectivity index (χ0v) is 14.6. The number of amides is 1. The normalized spacial score (nSPS) is 21.5. The SMILES string of the molecule is CC/C(Cl)=C\C(=NC)C(=O)N1CCOC(/C(N)=C/C(C)C)C1. The van der Waals surface area contributed by atoms with Gasteiger partial charge in [0.15, 0.2) is 0 Å².